The first kappa shape index (κ1) is 16.5. The highest BCUT2D eigenvalue weighted by molar-refractivity contribution is 6.50. The number of hydrogen-bond donors (Lipinski definition) is 0. The molecule has 0 heterocycles. The Hall–Kier alpha value is -1.50. The van der Waals surface area contributed by atoms with E-state index in [0.717, 1.165) is 6.07 Å². The van der Waals surface area contributed by atoms with E-state index in [1.54, 1.807) is 0 Å². The summed E-state index contributed by atoms with van der Waals surface area (Å²) in [6, 6.07) is 2.91. The summed E-state index contributed by atoms with van der Waals surface area (Å²) < 4.78 is 75.6. The van der Waals surface area contributed by atoms with Gasteiger partial charge in [0.2, 0.25) is 5.39 Å². The number of halogens is 8. The van der Waals surface area contributed by atoms with Crippen molar-refractivity contribution in [3.05, 3.63) is 33.8 Å². The summed E-state index contributed by atoms with van der Waals surface area (Å²) >= 11 is 5.36. The van der Waals surface area contributed by atoms with E-state index >= 15 is 0 Å². The molecule has 0 spiro atoms. The molecule has 0 radical (unpaired) electrons. The normalized spacial score (nSPS) is 11.3. The molecule has 1 rings (SSSR count). The van der Waals surface area contributed by atoms with Crippen LogP contribution in [0.15, 0.2) is 18.2 Å². The lowest BCUT2D eigenvalue weighted by atomic mass is 10.2. The van der Waals surface area contributed by atoms with Crippen molar-refractivity contribution in [3.63, 3.8) is 0 Å². The molecule has 0 amide bonds. The number of nitrogens with zero attached hydrogens (tertiary/aromatic N) is 2. The second kappa shape index (κ2) is 5.90. The van der Waals surface area contributed by atoms with Crippen LogP contribution in [-0.4, -0.2) is 7.25 Å². The first-order valence-electron chi connectivity index (χ1n) is 4.04. The van der Waals surface area contributed by atoms with Crippen molar-refractivity contribution in [2.75, 3.05) is 0 Å². The van der Waals surface area contributed by atoms with Crippen LogP contribution in [0.3, 0.4) is 0 Å². The van der Waals surface area contributed by atoms with Gasteiger partial charge in [-0.2, -0.15) is 13.2 Å². The van der Waals surface area contributed by atoms with Gasteiger partial charge in [0, 0.05) is 11.1 Å². The van der Waals surface area contributed by atoms with Crippen molar-refractivity contribution < 1.29 is 30.4 Å². The van der Waals surface area contributed by atoms with Crippen LogP contribution in [-0.2, 0) is 6.18 Å². The molecular formula is C7H3BClF7N2. The predicted octanol–water partition coefficient (Wildman–Crippen LogP) is 5.14. The standard InChI is InChI=1S/C7H3ClF3N2.BF4/c8-4-1-2-6(13-12)5(3-4)7(9,10)11;2-1(3,4)5/h1-3H;/q+1;-1. The van der Waals surface area contributed by atoms with E-state index in [4.69, 9.17) is 17.0 Å². The minimum absolute atomic E-state index is 0.0558. The zero-order valence-corrected chi connectivity index (χ0v) is 8.98. The number of hydrogen-bond acceptors (Lipinski definition) is 1. The van der Waals surface area contributed by atoms with Gasteiger partial charge in [0.15, 0.2) is 10.5 Å². The lowest BCUT2D eigenvalue weighted by Crippen LogP contribution is -2.04. The summed E-state index contributed by atoms with van der Waals surface area (Å²) in [4.78, 5) is 2.50. The minimum atomic E-state index is -6.00. The molecule has 100 valence electrons. The Bertz CT molecular complexity index is 445. The van der Waals surface area contributed by atoms with Gasteiger partial charge in [-0.05, 0) is 12.1 Å². The third kappa shape index (κ3) is 6.95. The summed E-state index contributed by atoms with van der Waals surface area (Å²) in [6.07, 6.45) is -4.56. The van der Waals surface area contributed by atoms with Crippen molar-refractivity contribution in [1.29, 1.82) is 5.39 Å². The van der Waals surface area contributed by atoms with Gasteiger partial charge in [0.1, 0.15) is 0 Å². The first-order chi connectivity index (χ1) is 7.95. The Morgan fingerprint density at radius 2 is 1.56 bits per heavy atom. The molecule has 1 aromatic carbocycles. The second-order valence-electron chi connectivity index (χ2n) is 2.75. The van der Waals surface area contributed by atoms with Crippen molar-refractivity contribution in [1.82, 2.24) is 0 Å². The van der Waals surface area contributed by atoms with Crippen LogP contribution in [0.5, 0.6) is 0 Å². The number of benzene rings is 1. The molecule has 0 aromatic heterocycles. The lowest BCUT2D eigenvalue weighted by molar-refractivity contribution is -0.136. The maximum Gasteiger partial charge on any atom is 0.673 e. The van der Waals surface area contributed by atoms with Gasteiger partial charge in [0.25, 0.3) is 0 Å². The number of diazo groups is 1. The fourth-order valence-corrected chi connectivity index (χ4v) is 0.995. The third-order valence-corrected chi connectivity index (χ3v) is 1.61. The van der Waals surface area contributed by atoms with Crippen molar-refractivity contribution in [2.45, 2.75) is 6.18 Å². The molecule has 18 heavy (non-hydrogen) atoms. The van der Waals surface area contributed by atoms with Crippen LogP contribution in [0.4, 0.5) is 36.1 Å². The van der Waals surface area contributed by atoms with E-state index in [1.165, 1.54) is 6.07 Å². The Labute approximate surface area is 101 Å². The van der Waals surface area contributed by atoms with Crippen molar-refractivity contribution in [2.24, 2.45) is 0 Å². The molecule has 0 saturated carbocycles. The minimum Gasteiger partial charge on any atom is -0.418 e. The Morgan fingerprint density at radius 3 is 1.89 bits per heavy atom. The van der Waals surface area contributed by atoms with Crippen molar-refractivity contribution in [3.8, 4) is 0 Å². The maximum absolute atomic E-state index is 12.2. The number of rotatable bonds is 0. The van der Waals surface area contributed by atoms with E-state index in [1.807, 2.05) is 0 Å². The quantitative estimate of drug-likeness (QED) is 0.370. The molecule has 0 bridgehead atoms. The zero-order valence-electron chi connectivity index (χ0n) is 8.23. The summed E-state index contributed by atoms with van der Waals surface area (Å²) in [5.41, 5.74) is -1.60. The van der Waals surface area contributed by atoms with Gasteiger partial charge in [0.05, 0.1) is 0 Å². The molecule has 0 unspecified atom stereocenters. The summed E-state index contributed by atoms with van der Waals surface area (Å²) in [6.45, 7) is 0. The molecule has 0 aliphatic heterocycles. The SMILES string of the molecule is F[B-](F)(F)F.N#[N+]c1ccc(Cl)cc1C(F)(F)F. The van der Waals surface area contributed by atoms with Gasteiger partial charge < -0.3 is 17.3 Å². The molecule has 0 aliphatic rings. The van der Waals surface area contributed by atoms with Gasteiger partial charge in [-0.3, -0.25) is 0 Å². The van der Waals surface area contributed by atoms with Crippen LogP contribution in [0.1, 0.15) is 5.56 Å². The fraction of sp³-hybridized carbons (Fsp3) is 0.143. The van der Waals surface area contributed by atoms with Gasteiger partial charge in [-0.15, -0.1) is 0 Å². The van der Waals surface area contributed by atoms with Gasteiger partial charge in [-0.25, -0.2) is 0 Å². The fourth-order valence-electron chi connectivity index (χ4n) is 0.823. The van der Waals surface area contributed by atoms with E-state index < -0.39 is 24.7 Å². The van der Waals surface area contributed by atoms with Crippen LogP contribution in [0, 0.1) is 5.39 Å². The van der Waals surface area contributed by atoms with Crippen LogP contribution < -0.4 is 0 Å². The second-order valence-corrected chi connectivity index (χ2v) is 3.19. The van der Waals surface area contributed by atoms with E-state index in [-0.39, 0.29) is 5.02 Å². The molecule has 1 aromatic rings. The molecule has 11 heteroatoms. The predicted molar refractivity (Wildman–Crippen MR) is 51.4 cm³/mol. The van der Waals surface area contributed by atoms with Crippen LogP contribution in [0.25, 0.3) is 4.98 Å². The molecule has 0 N–H and O–H groups in total. The van der Waals surface area contributed by atoms with E-state index in [0.29, 0.717) is 6.07 Å². The van der Waals surface area contributed by atoms with Crippen molar-refractivity contribution >= 4 is 24.5 Å². The van der Waals surface area contributed by atoms with Gasteiger partial charge >= 0.3 is 19.1 Å². The molecule has 0 saturated heterocycles. The summed E-state index contributed by atoms with van der Waals surface area (Å²) in [7, 11) is -6.00. The monoisotopic (exact) mass is 294 g/mol. The average molecular weight is 294 g/mol. The topological polar surface area (TPSA) is 28.1 Å². The average Bonchev–Trinajstić information content (AvgIpc) is 2.13. The highest BCUT2D eigenvalue weighted by Crippen LogP contribution is 2.37. The van der Waals surface area contributed by atoms with Crippen LogP contribution >= 0.6 is 11.6 Å². The molecule has 0 atom stereocenters. The number of alkyl halides is 3. The molecule has 0 fully saturated rings. The Kier molecular flexibility index (Phi) is 5.41. The zero-order chi connectivity index (χ0) is 14.6. The van der Waals surface area contributed by atoms with E-state index in [9.17, 15) is 30.4 Å². The third-order valence-electron chi connectivity index (χ3n) is 1.37. The highest BCUT2D eigenvalue weighted by atomic mass is 35.5. The lowest BCUT2D eigenvalue weighted by Gasteiger charge is -2.02. The summed E-state index contributed by atoms with van der Waals surface area (Å²) in [5, 5.41) is 8.20. The summed E-state index contributed by atoms with van der Waals surface area (Å²) in [5.74, 6) is 0. The smallest absolute Gasteiger partial charge is 0.418 e. The van der Waals surface area contributed by atoms with Crippen LogP contribution in [0.2, 0.25) is 5.02 Å². The first-order valence-corrected chi connectivity index (χ1v) is 4.42. The van der Waals surface area contributed by atoms with Gasteiger partial charge in [-0.1, -0.05) is 11.6 Å². The Morgan fingerprint density at radius 1 is 1.11 bits per heavy atom. The van der Waals surface area contributed by atoms with E-state index in [2.05, 4.69) is 4.98 Å². The Balaban J connectivity index is 0.000000494. The molecule has 2 nitrogen and oxygen atoms in total. The molecular weight excluding hydrogens is 291 g/mol. The molecule has 0 aliphatic carbocycles. The maximum atomic E-state index is 12.2. The largest absolute Gasteiger partial charge is 0.673 e. The highest BCUT2D eigenvalue weighted by Gasteiger charge is 2.38.